The summed E-state index contributed by atoms with van der Waals surface area (Å²) in [7, 11) is 0. The molecule has 2 rings (SSSR count). The van der Waals surface area contributed by atoms with E-state index in [2.05, 4.69) is 5.32 Å². The van der Waals surface area contributed by atoms with E-state index in [1.54, 1.807) is 18.2 Å². The maximum Gasteiger partial charge on any atom is 0.433 e. The minimum absolute atomic E-state index is 0.250. The molecule has 0 aliphatic carbocycles. The van der Waals surface area contributed by atoms with Crippen molar-refractivity contribution in [2.75, 3.05) is 6.54 Å². The van der Waals surface area contributed by atoms with Crippen molar-refractivity contribution in [2.24, 2.45) is 0 Å². The van der Waals surface area contributed by atoms with Crippen molar-refractivity contribution in [3.8, 4) is 0 Å². The van der Waals surface area contributed by atoms with Crippen LogP contribution in [0.25, 0.3) is 0 Å². The molecule has 0 saturated heterocycles. The highest BCUT2D eigenvalue weighted by Crippen LogP contribution is 2.15. The van der Waals surface area contributed by atoms with Gasteiger partial charge in [0.05, 0.1) is 12.6 Å². The topological polar surface area (TPSA) is 68.3 Å². The summed E-state index contributed by atoms with van der Waals surface area (Å²) in [6.07, 6.45) is 0.753. The van der Waals surface area contributed by atoms with Crippen LogP contribution in [0.4, 0.5) is 10.3 Å². The molecular formula is C13H13FN2O3. The Bertz CT molecular complexity index is 551. The summed E-state index contributed by atoms with van der Waals surface area (Å²) in [6.45, 7) is 1.11. The standard InChI is InChI=1S/C13H13FN2O3/c14-11-3-1-10(2-4-11)7-8-15-9-12-5-6-13(19-12)16(17)18/h1-6,15H,7-9H2. The number of hydrogen-bond donors (Lipinski definition) is 1. The minimum atomic E-state index is -0.567. The first-order valence-corrected chi connectivity index (χ1v) is 5.83. The van der Waals surface area contributed by atoms with Gasteiger partial charge in [-0.05, 0) is 36.7 Å². The van der Waals surface area contributed by atoms with E-state index < -0.39 is 4.92 Å². The lowest BCUT2D eigenvalue weighted by Gasteiger charge is -2.02. The van der Waals surface area contributed by atoms with Crippen LogP contribution < -0.4 is 5.32 Å². The zero-order valence-corrected chi connectivity index (χ0v) is 10.1. The Labute approximate surface area is 109 Å². The second-order valence-electron chi connectivity index (χ2n) is 4.05. The van der Waals surface area contributed by atoms with Crippen molar-refractivity contribution < 1.29 is 13.7 Å². The molecule has 0 unspecified atom stereocenters. The Kier molecular flexibility index (Phi) is 4.25. The monoisotopic (exact) mass is 264 g/mol. The number of nitrogens with one attached hydrogen (secondary N) is 1. The quantitative estimate of drug-likeness (QED) is 0.494. The molecular weight excluding hydrogens is 251 g/mol. The highest BCUT2D eigenvalue weighted by molar-refractivity contribution is 5.18. The third kappa shape index (κ3) is 3.89. The molecule has 0 aliphatic heterocycles. The highest BCUT2D eigenvalue weighted by atomic mass is 19.1. The largest absolute Gasteiger partial charge is 0.433 e. The molecule has 1 aromatic carbocycles. The van der Waals surface area contributed by atoms with E-state index in [1.165, 1.54) is 18.2 Å². The average molecular weight is 264 g/mol. The van der Waals surface area contributed by atoms with E-state index >= 15 is 0 Å². The average Bonchev–Trinajstić information content (AvgIpc) is 2.86. The Morgan fingerprint density at radius 2 is 1.95 bits per heavy atom. The van der Waals surface area contributed by atoms with Crippen molar-refractivity contribution in [3.05, 3.63) is 63.7 Å². The van der Waals surface area contributed by atoms with Gasteiger partial charge in [0.15, 0.2) is 0 Å². The highest BCUT2D eigenvalue weighted by Gasteiger charge is 2.10. The molecule has 0 aliphatic rings. The molecule has 0 amide bonds. The lowest BCUT2D eigenvalue weighted by Crippen LogP contribution is -2.16. The van der Waals surface area contributed by atoms with Crippen LogP contribution in [0.5, 0.6) is 0 Å². The van der Waals surface area contributed by atoms with Gasteiger partial charge in [-0.1, -0.05) is 12.1 Å². The van der Waals surface area contributed by atoms with Crippen molar-refractivity contribution in [3.63, 3.8) is 0 Å². The van der Waals surface area contributed by atoms with Gasteiger partial charge >= 0.3 is 5.88 Å². The first-order valence-electron chi connectivity index (χ1n) is 5.83. The van der Waals surface area contributed by atoms with Crippen LogP contribution in [0.3, 0.4) is 0 Å². The number of benzene rings is 1. The SMILES string of the molecule is O=[N+]([O-])c1ccc(CNCCc2ccc(F)cc2)o1. The lowest BCUT2D eigenvalue weighted by molar-refractivity contribution is -0.402. The van der Waals surface area contributed by atoms with Gasteiger partial charge in [0.2, 0.25) is 0 Å². The van der Waals surface area contributed by atoms with Crippen LogP contribution in [-0.4, -0.2) is 11.5 Å². The van der Waals surface area contributed by atoms with Crippen molar-refractivity contribution in [1.82, 2.24) is 5.32 Å². The number of furan rings is 1. The maximum atomic E-state index is 12.7. The second-order valence-corrected chi connectivity index (χ2v) is 4.05. The van der Waals surface area contributed by atoms with Gasteiger partial charge in [0.25, 0.3) is 0 Å². The summed E-state index contributed by atoms with van der Waals surface area (Å²) in [5.74, 6) is 0.0146. The number of halogens is 1. The van der Waals surface area contributed by atoms with E-state index in [1.807, 2.05) is 0 Å². The predicted molar refractivity (Wildman–Crippen MR) is 67.2 cm³/mol. The van der Waals surface area contributed by atoms with Crippen LogP contribution in [-0.2, 0) is 13.0 Å². The predicted octanol–water partition coefficient (Wildman–Crippen LogP) is 2.66. The Morgan fingerprint density at radius 3 is 2.58 bits per heavy atom. The van der Waals surface area contributed by atoms with Crippen LogP contribution in [0.1, 0.15) is 11.3 Å². The zero-order chi connectivity index (χ0) is 13.7. The molecule has 100 valence electrons. The van der Waals surface area contributed by atoms with E-state index in [-0.39, 0.29) is 11.7 Å². The first kappa shape index (κ1) is 13.2. The molecule has 5 nitrogen and oxygen atoms in total. The molecule has 0 radical (unpaired) electrons. The molecule has 0 spiro atoms. The van der Waals surface area contributed by atoms with Crippen LogP contribution >= 0.6 is 0 Å². The van der Waals surface area contributed by atoms with Crippen molar-refractivity contribution >= 4 is 5.88 Å². The Hall–Kier alpha value is -2.21. The fourth-order valence-corrected chi connectivity index (χ4v) is 1.66. The summed E-state index contributed by atoms with van der Waals surface area (Å²) in [6, 6.07) is 9.21. The van der Waals surface area contributed by atoms with Gasteiger partial charge in [-0.25, -0.2) is 4.39 Å². The van der Waals surface area contributed by atoms with E-state index in [4.69, 9.17) is 4.42 Å². The Balaban J connectivity index is 1.74. The summed E-state index contributed by atoms with van der Waals surface area (Å²) >= 11 is 0. The van der Waals surface area contributed by atoms with Gasteiger partial charge < -0.3 is 9.73 Å². The molecule has 1 N–H and O–H groups in total. The number of hydrogen-bond acceptors (Lipinski definition) is 4. The molecule has 1 heterocycles. The lowest BCUT2D eigenvalue weighted by atomic mass is 10.1. The number of nitro groups is 1. The fraction of sp³-hybridized carbons (Fsp3) is 0.231. The Morgan fingerprint density at radius 1 is 1.21 bits per heavy atom. The summed E-state index contributed by atoms with van der Waals surface area (Å²) in [4.78, 5) is 9.85. The second kappa shape index (κ2) is 6.10. The van der Waals surface area contributed by atoms with Crippen molar-refractivity contribution in [2.45, 2.75) is 13.0 Å². The zero-order valence-electron chi connectivity index (χ0n) is 10.1. The van der Waals surface area contributed by atoms with Gasteiger partial charge in [-0.3, -0.25) is 10.1 Å². The fourth-order valence-electron chi connectivity index (χ4n) is 1.66. The van der Waals surface area contributed by atoms with Gasteiger partial charge in [0.1, 0.15) is 16.5 Å². The van der Waals surface area contributed by atoms with Crippen LogP contribution in [0.15, 0.2) is 40.8 Å². The maximum absolute atomic E-state index is 12.7. The molecule has 0 bridgehead atoms. The van der Waals surface area contributed by atoms with Crippen molar-refractivity contribution in [1.29, 1.82) is 0 Å². The smallest absolute Gasteiger partial charge is 0.404 e. The third-order valence-corrected chi connectivity index (χ3v) is 2.63. The van der Waals surface area contributed by atoms with Gasteiger partial charge in [0, 0.05) is 0 Å². The molecule has 0 fully saturated rings. The normalized spacial score (nSPS) is 10.6. The molecule has 6 heteroatoms. The van der Waals surface area contributed by atoms with Crippen LogP contribution in [0.2, 0.25) is 0 Å². The molecule has 0 saturated carbocycles. The molecule has 0 atom stereocenters. The molecule has 2 aromatic rings. The minimum Gasteiger partial charge on any atom is -0.404 e. The molecule has 1 aromatic heterocycles. The van der Waals surface area contributed by atoms with E-state index in [0.29, 0.717) is 18.8 Å². The van der Waals surface area contributed by atoms with E-state index in [9.17, 15) is 14.5 Å². The number of nitrogens with zero attached hydrogens (tertiary/aromatic N) is 1. The molecule has 19 heavy (non-hydrogen) atoms. The van der Waals surface area contributed by atoms with Gasteiger partial charge in [-0.15, -0.1) is 0 Å². The summed E-state index contributed by atoms with van der Waals surface area (Å²) in [5.41, 5.74) is 1.03. The summed E-state index contributed by atoms with van der Waals surface area (Å²) in [5, 5.41) is 13.5. The third-order valence-electron chi connectivity index (χ3n) is 2.63. The summed E-state index contributed by atoms with van der Waals surface area (Å²) < 4.78 is 17.7. The van der Waals surface area contributed by atoms with Crippen LogP contribution in [0, 0.1) is 15.9 Å². The first-order chi connectivity index (χ1) is 9.15. The number of rotatable bonds is 6. The van der Waals surface area contributed by atoms with Gasteiger partial charge in [-0.2, -0.15) is 0 Å². The van der Waals surface area contributed by atoms with E-state index in [0.717, 1.165) is 12.0 Å².